The fourth-order valence-corrected chi connectivity index (χ4v) is 4.30. The first-order valence-corrected chi connectivity index (χ1v) is 11.8. The monoisotopic (exact) mass is 486 g/mol. The summed E-state index contributed by atoms with van der Waals surface area (Å²) >= 11 is 3.48. The van der Waals surface area contributed by atoms with Gasteiger partial charge in [0, 0.05) is 17.1 Å². The van der Waals surface area contributed by atoms with Gasteiger partial charge in [0.15, 0.2) is 6.61 Å². The summed E-state index contributed by atoms with van der Waals surface area (Å²) in [6.45, 7) is 4.11. The maximum atomic E-state index is 13.1. The van der Waals surface area contributed by atoms with Crippen LogP contribution < -0.4 is 10.1 Å². The molecule has 0 spiro atoms. The van der Waals surface area contributed by atoms with Crippen LogP contribution in [0.25, 0.3) is 0 Å². The zero-order valence-corrected chi connectivity index (χ0v) is 19.9. The Kier molecular flexibility index (Phi) is 8.52. The molecule has 0 radical (unpaired) electrons. The van der Waals surface area contributed by atoms with E-state index in [1.807, 2.05) is 48.5 Å². The third kappa shape index (κ3) is 6.82. The van der Waals surface area contributed by atoms with E-state index in [4.69, 9.17) is 4.74 Å². The van der Waals surface area contributed by atoms with Crippen LogP contribution in [-0.2, 0) is 22.6 Å². The van der Waals surface area contributed by atoms with E-state index >= 15 is 0 Å². The van der Waals surface area contributed by atoms with Crippen LogP contribution in [-0.4, -0.2) is 35.4 Å². The Hall–Kier alpha value is -2.34. The molecule has 5 nitrogen and oxygen atoms in total. The molecule has 0 aliphatic heterocycles. The summed E-state index contributed by atoms with van der Waals surface area (Å²) in [5, 5.41) is 3.11. The summed E-state index contributed by atoms with van der Waals surface area (Å²) in [5.74, 6) is 0.326. The predicted molar refractivity (Wildman–Crippen MR) is 126 cm³/mol. The van der Waals surface area contributed by atoms with Crippen molar-refractivity contribution >= 4 is 27.7 Å². The van der Waals surface area contributed by atoms with Crippen LogP contribution in [0.5, 0.6) is 5.75 Å². The van der Waals surface area contributed by atoms with E-state index in [0.29, 0.717) is 12.3 Å². The van der Waals surface area contributed by atoms with E-state index in [1.54, 1.807) is 11.8 Å². The van der Waals surface area contributed by atoms with Gasteiger partial charge in [0.25, 0.3) is 5.91 Å². The van der Waals surface area contributed by atoms with Gasteiger partial charge in [-0.15, -0.1) is 0 Å². The number of amides is 2. The molecule has 2 amide bonds. The Bertz CT molecular complexity index is 879. The van der Waals surface area contributed by atoms with Gasteiger partial charge < -0.3 is 15.0 Å². The quantitative estimate of drug-likeness (QED) is 0.550. The number of nitrogens with zero attached hydrogens (tertiary/aromatic N) is 1. The van der Waals surface area contributed by atoms with Crippen LogP contribution in [0.15, 0.2) is 53.0 Å². The molecular formula is C25H31BrN2O3. The number of carbonyl (C=O) groups excluding carboxylic acids is 2. The molecule has 1 fully saturated rings. The summed E-state index contributed by atoms with van der Waals surface area (Å²) in [5.41, 5.74) is 2.17. The number of nitrogens with one attached hydrogen (secondary N) is 1. The molecule has 0 unspecified atom stereocenters. The van der Waals surface area contributed by atoms with Crippen LogP contribution in [0.1, 0.15) is 50.7 Å². The molecule has 1 atom stereocenters. The highest BCUT2D eigenvalue weighted by Crippen LogP contribution is 2.20. The van der Waals surface area contributed by atoms with Gasteiger partial charge in [-0.1, -0.05) is 60.0 Å². The average molecular weight is 487 g/mol. The molecule has 0 saturated heterocycles. The van der Waals surface area contributed by atoms with Crippen molar-refractivity contribution in [2.75, 3.05) is 6.61 Å². The smallest absolute Gasteiger partial charge is 0.261 e. The van der Waals surface area contributed by atoms with E-state index < -0.39 is 6.04 Å². The van der Waals surface area contributed by atoms with Crippen LogP contribution >= 0.6 is 15.9 Å². The number of hydrogen-bond acceptors (Lipinski definition) is 3. The van der Waals surface area contributed by atoms with Gasteiger partial charge >= 0.3 is 0 Å². The lowest BCUT2D eigenvalue weighted by atomic mass is 10.1. The summed E-state index contributed by atoms with van der Waals surface area (Å²) in [7, 11) is 0. The highest BCUT2D eigenvalue weighted by Gasteiger charge is 2.28. The molecule has 0 heterocycles. The first-order chi connectivity index (χ1) is 15.0. The molecule has 2 aromatic rings. The maximum Gasteiger partial charge on any atom is 0.261 e. The molecular weight excluding hydrogens is 456 g/mol. The largest absolute Gasteiger partial charge is 0.484 e. The summed E-state index contributed by atoms with van der Waals surface area (Å²) in [6, 6.07) is 15.2. The Morgan fingerprint density at radius 1 is 1.13 bits per heavy atom. The minimum Gasteiger partial charge on any atom is -0.484 e. The van der Waals surface area contributed by atoms with Crippen LogP contribution in [0.3, 0.4) is 0 Å². The molecule has 6 heteroatoms. The SMILES string of the molecule is CCc1ccc(OCC(=O)N(Cc2cccc(Br)c2)[C@@H](C)C(=O)NC2CCCC2)cc1. The molecule has 166 valence electrons. The minimum absolute atomic E-state index is 0.109. The second kappa shape index (κ2) is 11.3. The van der Waals surface area contributed by atoms with Crippen molar-refractivity contribution in [2.45, 2.75) is 64.6 Å². The highest BCUT2D eigenvalue weighted by atomic mass is 79.9. The van der Waals surface area contributed by atoms with E-state index in [0.717, 1.165) is 42.1 Å². The lowest BCUT2D eigenvalue weighted by Gasteiger charge is -2.29. The third-order valence-corrected chi connectivity index (χ3v) is 6.30. The Morgan fingerprint density at radius 3 is 2.48 bits per heavy atom. The van der Waals surface area contributed by atoms with Crippen molar-refractivity contribution in [3.05, 3.63) is 64.1 Å². The van der Waals surface area contributed by atoms with Gasteiger partial charge in [0.05, 0.1) is 0 Å². The van der Waals surface area contributed by atoms with Crippen molar-refractivity contribution in [1.82, 2.24) is 10.2 Å². The fourth-order valence-electron chi connectivity index (χ4n) is 3.86. The first kappa shape index (κ1) is 23.3. The van der Waals surface area contributed by atoms with Gasteiger partial charge in [-0.25, -0.2) is 0 Å². The molecule has 3 rings (SSSR count). The normalized spacial score (nSPS) is 14.8. The van der Waals surface area contributed by atoms with Crippen molar-refractivity contribution in [1.29, 1.82) is 0 Å². The maximum absolute atomic E-state index is 13.1. The van der Waals surface area contributed by atoms with E-state index in [1.165, 1.54) is 5.56 Å². The Morgan fingerprint density at radius 2 is 1.84 bits per heavy atom. The van der Waals surface area contributed by atoms with Crippen molar-refractivity contribution in [2.24, 2.45) is 0 Å². The number of hydrogen-bond donors (Lipinski definition) is 1. The van der Waals surface area contributed by atoms with Gasteiger partial charge in [0.2, 0.25) is 5.91 Å². The van der Waals surface area contributed by atoms with Crippen molar-refractivity contribution in [3.8, 4) is 5.75 Å². The highest BCUT2D eigenvalue weighted by molar-refractivity contribution is 9.10. The van der Waals surface area contributed by atoms with Gasteiger partial charge in [0.1, 0.15) is 11.8 Å². The zero-order chi connectivity index (χ0) is 22.2. The summed E-state index contributed by atoms with van der Waals surface area (Å²) < 4.78 is 6.68. The molecule has 0 aromatic heterocycles. The number of benzene rings is 2. The third-order valence-electron chi connectivity index (χ3n) is 5.80. The summed E-state index contributed by atoms with van der Waals surface area (Å²) in [6.07, 6.45) is 5.26. The number of ether oxygens (including phenoxy) is 1. The molecule has 31 heavy (non-hydrogen) atoms. The molecule has 0 bridgehead atoms. The van der Waals surface area contributed by atoms with Crippen LogP contribution in [0.4, 0.5) is 0 Å². The topological polar surface area (TPSA) is 58.6 Å². The molecule has 1 aliphatic rings. The van der Waals surface area contributed by atoms with Crippen molar-refractivity contribution < 1.29 is 14.3 Å². The van der Waals surface area contributed by atoms with E-state index in [2.05, 4.69) is 28.2 Å². The van der Waals surface area contributed by atoms with Crippen LogP contribution in [0, 0.1) is 0 Å². The lowest BCUT2D eigenvalue weighted by Crippen LogP contribution is -2.50. The van der Waals surface area contributed by atoms with Crippen molar-refractivity contribution in [3.63, 3.8) is 0 Å². The minimum atomic E-state index is -0.585. The number of aryl methyl sites for hydroxylation is 1. The van der Waals surface area contributed by atoms with Gasteiger partial charge in [-0.05, 0) is 61.6 Å². The second-order valence-electron chi connectivity index (χ2n) is 8.10. The molecule has 1 N–H and O–H groups in total. The van der Waals surface area contributed by atoms with E-state index in [-0.39, 0.29) is 24.5 Å². The second-order valence-corrected chi connectivity index (χ2v) is 9.02. The average Bonchev–Trinajstić information content (AvgIpc) is 3.28. The Balaban J connectivity index is 1.69. The standard InChI is InChI=1S/C25H31BrN2O3/c1-3-19-11-13-23(14-12-19)31-17-24(29)28(16-20-7-6-8-21(26)15-20)18(2)25(30)27-22-9-4-5-10-22/h6-8,11-15,18,22H,3-5,9-10,16-17H2,1-2H3,(H,27,30)/t18-/m0/s1. The first-order valence-electron chi connectivity index (χ1n) is 11.0. The number of carbonyl (C=O) groups is 2. The summed E-state index contributed by atoms with van der Waals surface area (Å²) in [4.78, 5) is 27.6. The fraction of sp³-hybridized carbons (Fsp3) is 0.440. The zero-order valence-electron chi connectivity index (χ0n) is 18.3. The number of halogens is 1. The predicted octanol–water partition coefficient (Wildman–Crippen LogP) is 4.87. The Labute approximate surface area is 193 Å². The van der Waals surface area contributed by atoms with Gasteiger partial charge in [-0.2, -0.15) is 0 Å². The molecule has 1 aliphatic carbocycles. The lowest BCUT2D eigenvalue weighted by molar-refractivity contribution is -0.142. The van der Waals surface area contributed by atoms with Gasteiger partial charge in [-0.3, -0.25) is 9.59 Å². The number of rotatable bonds is 9. The molecule has 1 saturated carbocycles. The van der Waals surface area contributed by atoms with Crippen LogP contribution in [0.2, 0.25) is 0 Å². The van der Waals surface area contributed by atoms with E-state index in [9.17, 15) is 9.59 Å². The molecule has 2 aromatic carbocycles.